The largest absolute Gasteiger partial charge is 0.420 e. The Bertz CT molecular complexity index is 649. The average molecular weight is 327 g/mol. The molecule has 0 radical (unpaired) electrons. The van der Waals surface area contributed by atoms with E-state index in [4.69, 9.17) is 0 Å². The molecule has 3 rings (SSSR count). The highest BCUT2D eigenvalue weighted by Crippen LogP contribution is 2.31. The number of aromatic nitrogens is 3. The summed E-state index contributed by atoms with van der Waals surface area (Å²) in [6, 6.07) is 7.30. The first-order chi connectivity index (χ1) is 10.9. The van der Waals surface area contributed by atoms with Gasteiger partial charge in [-0.3, -0.25) is 0 Å². The maximum absolute atomic E-state index is 12.5. The summed E-state index contributed by atoms with van der Waals surface area (Å²) in [4.78, 5) is 2.22. The van der Waals surface area contributed by atoms with Gasteiger partial charge < -0.3 is 15.3 Å². The van der Waals surface area contributed by atoms with E-state index in [1.54, 1.807) is 12.1 Å². The van der Waals surface area contributed by atoms with E-state index in [2.05, 4.69) is 20.5 Å². The molecule has 1 aliphatic rings. The quantitative estimate of drug-likeness (QED) is 0.889. The van der Waals surface area contributed by atoms with Gasteiger partial charge in [-0.2, -0.15) is 13.2 Å². The smallest absolute Gasteiger partial charge is 0.378 e. The van der Waals surface area contributed by atoms with Crippen molar-refractivity contribution < 1.29 is 18.3 Å². The van der Waals surface area contributed by atoms with Crippen molar-refractivity contribution in [2.45, 2.75) is 12.3 Å². The minimum atomic E-state index is -4.76. The van der Waals surface area contributed by atoms with E-state index >= 15 is 0 Å². The average Bonchev–Trinajstić information content (AvgIpc) is 3.04. The first-order valence-electron chi connectivity index (χ1n) is 7.18. The van der Waals surface area contributed by atoms with Crippen LogP contribution in [0.25, 0.3) is 5.69 Å². The van der Waals surface area contributed by atoms with Crippen molar-refractivity contribution in [1.82, 2.24) is 20.3 Å². The van der Waals surface area contributed by atoms with Crippen molar-refractivity contribution >= 4 is 5.69 Å². The van der Waals surface area contributed by atoms with Gasteiger partial charge in [0.15, 0.2) is 6.10 Å². The van der Waals surface area contributed by atoms with Gasteiger partial charge in [-0.05, 0) is 24.3 Å². The molecular formula is C14H16F3N5O. The SMILES string of the molecule is OC(c1cn(-c2ccc(N3CCNCC3)cc2)nn1)C(F)(F)F. The molecule has 0 spiro atoms. The lowest BCUT2D eigenvalue weighted by molar-refractivity contribution is -0.208. The summed E-state index contributed by atoms with van der Waals surface area (Å²) in [7, 11) is 0. The van der Waals surface area contributed by atoms with E-state index in [1.165, 1.54) is 4.68 Å². The maximum Gasteiger partial charge on any atom is 0.420 e. The van der Waals surface area contributed by atoms with Crippen LogP contribution in [0, 0.1) is 0 Å². The number of piperazine rings is 1. The Labute approximate surface area is 130 Å². The Kier molecular flexibility index (Phi) is 4.22. The minimum Gasteiger partial charge on any atom is -0.378 e. The van der Waals surface area contributed by atoms with Gasteiger partial charge in [-0.15, -0.1) is 5.10 Å². The first kappa shape index (κ1) is 15.8. The lowest BCUT2D eigenvalue weighted by Crippen LogP contribution is -2.43. The highest BCUT2D eigenvalue weighted by Gasteiger charge is 2.41. The van der Waals surface area contributed by atoms with Crippen molar-refractivity contribution in [3.05, 3.63) is 36.2 Å². The normalized spacial score (nSPS) is 17.3. The van der Waals surface area contributed by atoms with E-state index in [0.717, 1.165) is 38.1 Å². The Balaban J connectivity index is 1.76. The molecule has 2 N–H and O–H groups in total. The summed E-state index contributed by atoms with van der Waals surface area (Å²) in [5.74, 6) is 0. The molecule has 0 amide bonds. The van der Waals surface area contributed by atoms with Gasteiger partial charge in [-0.1, -0.05) is 5.21 Å². The number of nitrogens with zero attached hydrogens (tertiary/aromatic N) is 4. The molecule has 6 nitrogen and oxygen atoms in total. The zero-order valence-electron chi connectivity index (χ0n) is 12.2. The summed E-state index contributed by atoms with van der Waals surface area (Å²) in [6.07, 6.45) is -6.30. The van der Waals surface area contributed by atoms with Crippen molar-refractivity contribution in [3.8, 4) is 5.69 Å². The Hall–Kier alpha value is -2.13. The van der Waals surface area contributed by atoms with Crippen LogP contribution in [0.15, 0.2) is 30.5 Å². The first-order valence-corrected chi connectivity index (χ1v) is 7.18. The number of nitrogens with one attached hydrogen (secondary N) is 1. The van der Waals surface area contributed by atoms with Crippen LogP contribution in [0.1, 0.15) is 11.8 Å². The fourth-order valence-corrected chi connectivity index (χ4v) is 2.44. The molecule has 0 bridgehead atoms. The Morgan fingerprint density at radius 1 is 1.09 bits per heavy atom. The van der Waals surface area contributed by atoms with E-state index in [0.29, 0.717) is 5.69 Å². The fourth-order valence-electron chi connectivity index (χ4n) is 2.44. The summed E-state index contributed by atoms with van der Waals surface area (Å²) in [6.45, 7) is 3.65. The summed E-state index contributed by atoms with van der Waals surface area (Å²) < 4.78 is 38.6. The molecule has 1 fully saturated rings. The lowest BCUT2D eigenvalue weighted by atomic mass is 10.2. The number of rotatable bonds is 3. The summed E-state index contributed by atoms with van der Waals surface area (Å²) in [5.41, 5.74) is 1.10. The van der Waals surface area contributed by atoms with Gasteiger partial charge in [-0.25, -0.2) is 4.68 Å². The van der Waals surface area contributed by atoms with Crippen molar-refractivity contribution in [3.63, 3.8) is 0 Å². The molecule has 1 unspecified atom stereocenters. The number of hydrogen-bond acceptors (Lipinski definition) is 5. The van der Waals surface area contributed by atoms with Gasteiger partial charge in [0.1, 0.15) is 5.69 Å². The zero-order valence-corrected chi connectivity index (χ0v) is 12.2. The molecule has 9 heteroatoms. The van der Waals surface area contributed by atoms with Crippen LogP contribution in [0.3, 0.4) is 0 Å². The van der Waals surface area contributed by atoms with E-state index in [9.17, 15) is 18.3 Å². The number of hydrogen-bond donors (Lipinski definition) is 2. The van der Waals surface area contributed by atoms with Gasteiger partial charge in [0.2, 0.25) is 0 Å². The van der Waals surface area contributed by atoms with Crippen LogP contribution in [0.4, 0.5) is 18.9 Å². The van der Waals surface area contributed by atoms with Crippen LogP contribution in [-0.4, -0.2) is 52.5 Å². The van der Waals surface area contributed by atoms with Gasteiger partial charge in [0, 0.05) is 31.9 Å². The van der Waals surface area contributed by atoms with Crippen molar-refractivity contribution in [2.75, 3.05) is 31.1 Å². The molecule has 2 heterocycles. The van der Waals surface area contributed by atoms with E-state index in [-0.39, 0.29) is 0 Å². The zero-order chi connectivity index (χ0) is 16.4. The monoisotopic (exact) mass is 327 g/mol. The standard InChI is InChI=1S/C14H16F3N5O/c15-14(16,17)13(23)12-9-22(20-19-12)11-3-1-10(2-4-11)21-7-5-18-6-8-21/h1-4,9,13,18,23H,5-8H2. The van der Waals surface area contributed by atoms with Gasteiger partial charge in [0.25, 0.3) is 0 Å². The fraction of sp³-hybridized carbons (Fsp3) is 0.429. The third kappa shape index (κ3) is 3.45. The highest BCUT2D eigenvalue weighted by atomic mass is 19.4. The van der Waals surface area contributed by atoms with Crippen molar-refractivity contribution in [2.24, 2.45) is 0 Å². The van der Waals surface area contributed by atoms with Crippen molar-refractivity contribution in [1.29, 1.82) is 0 Å². The predicted molar refractivity (Wildman–Crippen MR) is 77.5 cm³/mol. The Morgan fingerprint density at radius 2 is 1.70 bits per heavy atom. The third-order valence-electron chi connectivity index (χ3n) is 3.70. The second-order valence-electron chi connectivity index (χ2n) is 5.29. The molecule has 1 saturated heterocycles. The third-order valence-corrected chi connectivity index (χ3v) is 3.70. The number of alkyl halides is 3. The van der Waals surface area contributed by atoms with E-state index < -0.39 is 18.0 Å². The predicted octanol–water partition coefficient (Wildman–Crippen LogP) is 1.27. The molecule has 1 aliphatic heterocycles. The van der Waals surface area contributed by atoms with Crippen LogP contribution in [0.5, 0.6) is 0 Å². The topological polar surface area (TPSA) is 66.2 Å². The number of benzene rings is 1. The Morgan fingerprint density at radius 3 is 2.30 bits per heavy atom. The second kappa shape index (κ2) is 6.17. The molecule has 0 aliphatic carbocycles. The van der Waals surface area contributed by atoms with E-state index in [1.807, 2.05) is 12.1 Å². The molecule has 1 aromatic carbocycles. The molecule has 1 atom stereocenters. The minimum absolute atomic E-state index is 0.524. The molecular weight excluding hydrogens is 311 g/mol. The maximum atomic E-state index is 12.5. The molecule has 124 valence electrons. The van der Waals surface area contributed by atoms with Crippen LogP contribution in [0.2, 0.25) is 0 Å². The molecule has 1 aromatic heterocycles. The molecule has 23 heavy (non-hydrogen) atoms. The number of anilines is 1. The van der Waals surface area contributed by atoms with Gasteiger partial charge >= 0.3 is 6.18 Å². The van der Waals surface area contributed by atoms with Crippen LogP contribution >= 0.6 is 0 Å². The molecule has 0 saturated carbocycles. The van der Waals surface area contributed by atoms with Crippen LogP contribution < -0.4 is 10.2 Å². The summed E-state index contributed by atoms with van der Waals surface area (Å²) >= 11 is 0. The second-order valence-corrected chi connectivity index (χ2v) is 5.29. The number of aliphatic hydroxyl groups is 1. The molecule has 2 aromatic rings. The summed E-state index contributed by atoms with van der Waals surface area (Å²) in [5, 5.41) is 19.5. The van der Waals surface area contributed by atoms with Gasteiger partial charge in [0.05, 0.1) is 11.9 Å². The van der Waals surface area contributed by atoms with Crippen LogP contribution in [-0.2, 0) is 0 Å². The highest BCUT2D eigenvalue weighted by molar-refractivity contribution is 5.51. The lowest BCUT2D eigenvalue weighted by Gasteiger charge is -2.29. The number of aliphatic hydroxyl groups excluding tert-OH is 1. The number of halogens is 3.